The maximum Gasteiger partial charge on any atom is 0.224 e. The lowest BCUT2D eigenvalue weighted by atomic mass is 10.0. The van der Waals surface area contributed by atoms with E-state index in [1.807, 2.05) is 0 Å². The summed E-state index contributed by atoms with van der Waals surface area (Å²) in [5.41, 5.74) is 4.97. The molecular weight excluding hydrogens is 184 g/mol. The highest BCUT2D eigenvalue weighted by Gasteiger charge is 2.11. The zero-order valence-corrected chi connectivity index (χ0v) is 8.32. The molecule has 0 aromatic rings. The van der Waals surface area contributed by atoms with E-state index in [0.717, 1.165) is 0 Å². The average Bonchev–Trinajstić information content (AvgIpc) is 2.02. The number of amides is 2. The Morgan fingerprint density at radius 1 is 1.57 bits per heavy atom. The Morgan fingerprint density at radius 2 is 2.21 bits per heavy atom. The first kappa shape index (κ1) is 12.9. The van der Waals surface area contributed by atoms with Crippen LogP contribution < -0.4 is 11.1 Å². The van der Waals surface area contributed by atoms with Gasteiger partial charge < -0.3 is 16.2 Å². The Bertz CT molecular complexity index is 194. The van der Waals surface area contributed by atoms with E-state index >= 15 is 0 Å². The van der Waals surface area contributed by atoms with Gasteiger partial charge in [-0.1, -0.05) is 6.92 Å². The molecule has 0 rings (SSSR count). The molecule has 0 unspecified atom stereocenters. The molecule has 0 aliphatic heterocycles. The molecule has 0 saturated heterocycles. The first-order chi connectivity index (χ1) is 6.56. The summed E-state index contributed by atoms with van der Waals surface area (Å²) in [7, 11) is 0. The molecule has 0 saturated carbocycles. The fourth-order valence-electron chi connectivity index (χ4n) is 0.984. The number of hydrogen-bond donors (Lipinski definition) is 3. The van der Waals surface area contributed by atoms with E-state index in [1.54, 1.807) is 6.92 Å². The zero-order valence-electron chi connectivity index (χ0n) is 8.32. The highest BCUT2D eigenvalue weighted by atomic mass is 16.3. The Kier molecular flexibility index (Phi) is 6.74. The molecule has 81 valence electrons. The van der Waals surface area contributed by atoms with E-state index in [2.05, 4.69) is 5.32 Å². The Labute approximate surface area is 83.7 Å². The second-order valence-electron chi connectivity index (χ2n) is 3.18. The molecule has 1 radical (unpaired) electrons. The number of aliphatic hydroxyl groups excluding tert-OH is 1. The van der Waals surface area contributed by atoms with Crippen LogP contribution in [0, 0.1) is 12.3 Å². The van der Waals surface area contributed by atoms with Crippen LogP contribution in [-0.2, 0) is 9.59 Å². The molecule has 5 heteroatoms. The third-order valence-electron chi connectivity index (χ3n) is 1.59. The van der Waals surface area contributed by atoms with Crippen LogP contribution in [-0.4, -0.2) is 30.1 Å². The van der Waals surface area contributed by atoms with Gasteiger partial charge in [0.2, 0.25) is 11.8 Å². The van der Waals surface area contributed by atoms with Crippen molar-refractivity contribution in [1.82, 2.24) is 5.32 Å². The topological polar surface area (TPSA) is 92.4 Å². The first-order valence-electron chi connectivity index (χ1n) is 4.58. The molecule has 0 aliphatic carbocycles. The minimum atomic E-state index is -0.420. The minimum Gasteiger partial charge on any atom is -0.396 e. The van der Waals surface area contributed by atoms with Crippen molar-refractivity contribution in [2.24, 2.45) is 11.7 Å². The van der Waals surface area contributed by atoms with Crippen LogP contribution in [0.15, 0.2) is 0 Å². The predicted molar refractivity (Wildman–Crippen MR) is 52.0 cm³/mol. The third-order valence-corrected chi connectivity index (χ3v) is 1.59. The summed E-state index contributed by atoms with van der Waals surface area (Å²) in [5.74, 6) is -0.800. The Hall–Kier alpha value is -1.10. The number of carbonyl (C=O) groups is 2. The summed E-state index contributed by atoms with van der Waals surface area (Å²) in [6.07, 6.45) is 2.12. The highest BCUT2D eigenvalue weighted by molar-refractivity contribution is 5.86. The lowest BCUT2D eigenvalue weighted by Crippen LogP contribution is -2.28. The summed E-state index contributed by atoms with van der Waals surface area (Å²) in [6.45, 7) is 2.24. The van der Waals surface area contributed by atoms with Crippen molar-refractivity contribution in [1.29, 1.82) is 0 Å². The fraction of sp³-hybridized carbons (Fsp3) is 0.667. The largest absolute Gasteiger partial charge is 0.396 e. The summed E-state index contributed by atoms with van der Waals surface area (Å²) >= 11 is 0. The molecule has 0 heterocycles. The molecule has 0 aliphatic rings. The zero-order chi connectivity index (χ0) is 11.0. The van der Waals surface area contributed by atoms with E-state index in [-0.39, 0.29) is 24.9 Å². The average molecular weight is 201 g/mol. The maximum atomic E-state index is 11.1. The first-order valence-corrected chi connectivity index (χ1v) is 4.58. The molecule has 0 aromatic carbocycles. The van der Waals surface area contributed by atoms with Crippen molar-refractivity contribution in [2.45, 2.75) is 19.8 Å². The minimum absolute atomic E-state index is 0.0527. The number of aliphatic hydroxyl groups is 1. The lowest BCUT2D eigenvalue weighted by Gasteiger charge is -2.08. The van der Waals surface area contributed by atoms with Gasteiger partial charge in [0.15, 0.2) is 0 Å². The monoisotopic (exact) mass is 201 g/mol. The van der Waals surface area contributed by atoms with Crippen molar-refractivity contribution in [2.75, 3.05) is 13.2 Å². The predicted octanol–water partition coefficient (Wildman–Crippen LogP) is -0.799. The molecule has 14 heavy (non-hydrogen) atoms. The van der Waals surface area contributed by atoms with Gasteiger partial charge in [0, 0.05) is 19.6 Å². The van der Waals surface area contributed by atoms with Gasteiger partial charge in [-0.15, -0.1) is 0 Å². The number of rotatable bonds is 7. The van der Waals surface area contributed by atoms with E-state index in [1.165, 1.54) is 6.42 Å². The smallest absolute Gasteiger partial charge is 0.224 e. The number of primary amides is 1. The summed E-state index contributed by atoms with van der Waals surface area (Å²) in [4.78, 5) is 21.6. The molecule has 0 bridgehead atoms. The normalized spacial score (nSPS) is 12.1. The van der Waals surface area contributed by atoms with E-state index in [0.29, 0.717) is 13.0 Å². The lowest BCUT2D eigenvalue weighted by molar-refractivity contribution is -0.119. The SMILES string of the molecule is C[C@@H]([CH]C(=O)NCCCO)CC(N)=O. The van der Waals surface area contributed by atoms with Gasteiger partial charge in [-0.05, 0) is 12.3 Å². The second kappa shape index (κ2) is 7.32. The molecule has 0 spiro atoms. The molecule has 4 N–H and O–H groups in total. The standard InChI is InChI=1S/C9H17N2O3/c1-7(5-8(10)13)6-9(14)11-3-2-4-12/h6-7,12H,2-5H2,1H3,(H2,10,13)(H,11,14)/t7-/m1/s1. The van der Waals surface area contributed by atoms with Crippen LogP contribution in [0.5, 0.6) is 0 Å². The van der Waals surface area contributed by atoms with Crippen molar-refractivity contribution in [3.63, 3.8) is 0 Å². The third kappa shape index (κ3) is 7.54. The van der Waals surface area contributed by atoms with Gasteiger partial charge in [0.25, 0.3) is 0 Å². The van der Waals surface area contributed by atoms with E-state index in [4.69, 9.17) is 10.8 Å². The second-order valence-corrected chi connectivity index (χ2v) is 3.18. The Morgan fingerprint density at radius 3 is 2.71 bits per heavy atom. The van der Waals surface area contributed by atoms with Crippen LogP contribution in [0.4, 0.5) is 0 Å². The van der Waals surface area contributed by atoms with Gasteiger partial charge >= 0.3 is 0 Å². The molecule has 2 amide bonds. The van der Waals surface area contributed by atoms with Crippen molar-refractivity contribution >= 4 is 11.8 Å². The van der Waals surface area contributed by atoms with Crippen LogP contribution in [0.2, 0.25) is 0 Å². The number of hydrogen-bond acceptors (Lipinski definition) is 3. The van der Waals surface area contributed by atoms with Gasteiger partial charge in [-0.25, -0.2) is 0 Å². The van der Waals surface area contributed by atoms with Crippen molar-refractivity contribution in [3.8, 4) is 0 Å². The van der Waals surface area contributed by atoms with E-state index < -0.39 is 5.91 Å². The number of nitrogens with one attached hydrogen (secondary N) is 1. The number of nitrogens with two attached hydrogens (primary N) is 1. The van der Waals surface area contributed by atoms with E-state index in [9.17, 15) is 9.59 Å². The van der Waals surface area contributed by atoms with Gasteiger partial charge in [-0.2, -0.15) is 0 Å². The molecule has 0 aromatic heterocycles. The molecule has 0 fully saturated rings. The van der Waals surface area contributed by atoms with Crippen molar-refractivity contribution < 1.29 is 14.7 Å². The van der Waals surface area contributed by atoms with Crippen molar-refractivity contribution in [3.05, 3.63) is 6.42 Å². The van der Waals surface area contributed by atoms with Crippen LogP contribution in [0.25, 0.3) is 0 Å². The summed E-state index contributed by atoms with van der Waals surface area (Å²) in [5, 5.41) is 11.0. The highest BCUT2D eigenvalue weighted by Crippen LogP contribution is 2.04. The fourth-order valence-corrected chi connectivity index (χ4v) is 0.984. The van der Waals surface area contributed by atoms with Crippen LogP contribution >= 0.6 is 0 Å². The summed E-state index contributed by atoms with van der Waals surface area (Å²) < 4.78 is 0. The quantitative estimate of drug-likeness (QED) is 0.471. The maximum absolute atomic E-state index is 11.1. The van der Waals surface area contributed by atoms with Gasteiger partial charge in [-0.3, -0.25) is 9.59 Å². The van der Waals surface area contributed by atoms with Gasteiger partial charge in [0.1, 0.15) is 0 Å². The number of carbonyl (C=O) groups excluding carboxylic acids is 2. The Balaban J connectivity index is 3.55. The molecular formula is C9H17N2O3. The van der Waals surface area contributed by atoms with Crippen LogP contribution in [0.3, 0.4) is 0 Å². The summed E-state index contributed by atoms with van der Waals surface area (Å²) in [6, 6.07) is 0. The van der Waals surface area contributed by atoms with Gasteiger partial charge in [0.05, 0.1) is 6.42 Å². The molecule has 1 atom stereocenters. The molecule has 5 nitrogen and oxygen atoms in total. The van der Waals surface area contributed by atoms with Crippen LogP contribution in [0.1, 0.15) is 19.8 Å².